The summed E-state index contributed by atoms with van der Waals surface area (Å²) in [6.45, 7) is 0.602. The van der Waals surface area contributed by atoms with E-state index in [1.807, 2.05) is 12.1 Å². The second-order valence-corrected chi connectivity index (χ2v) is 4.39. The van der Waals surface area contributed by atoms with Crippen molar-refractivity contribution >= 4 is 17.5 Å². The van der Waals surface area contributed by atoms with E-state index < -0.39 is 0 Å². The summed E-state index contributed by atoms with van der Waals surface area (Å²) in [6.07, 6.45) is 3.06. The number of nitrogens with zero attached hydrogens (tertiary/aromatic N) is 2. The molecule has 0 unspecified atom stereocenters. The van der Waals surface area contributed by atoms with Crippen LogP contribution in [0.5, 0.6) is 0 Å². The zero-order valence-corrected chi connectivity index (χ0v) is 11.2. The lowest BCUT2D eigenvalue weighted by Gasteiger charge is -2.05. The molecule has 0 aliphatic rings. The van der Waals surface area contributed by atoms with E-state index in [1.54, 1.807) is 12.1 Å². The molecular formula is C13H15ClN4O. The van der Waals surface area contributed by atoms with Crippen molar-refractivity contribution < 1.29 is 4.79 Å². The van der Waals surface area contributed by atoms with Crippen molar-refractivity contribution in [3.8, 4) is 0 Å². The fourth-order valence-electron chi connectivity index (χ4n) is 1.71. The molecule has 1 amide bonds. The Hall–Kier alpha value is -1.88. The van der Waals surface area contributed by atoms with Crippen LogP contribution < -0.4 is 5.32 Å². The standard InChI is InChI=1S/C13H15ClN4O/c14-8-10-3-1-4-11(7-10)13(19)15-6-2-5-12-16-9-17-18-12/h1,3-4,7,9H,2,5-6,8H2,(H,15,19)(H,16,17,18). The molecule has 1 heterocycles. The van der Waals surface area contributed by atoms with Gasteiger partial charge in [-0.2, -0.15) is 5.10 Å². The Labute approximate surface area is 116 Å². The maximum Gasteiger partial charge on any atom is 0.251 e. The number of aryl methyl sites for hydroxylation is 1. The molecule has 0 radical (unpaired) electrons. The second kappa shape index (κ2) is 6.89. The number of rotatable bonds is 6. The Balaban J connectivity index is 1.77. The van der Waals surface area contributed by atoms with Crippen LogP contribution in [-0.2, 0) is 12.3 Å². The van der Waals surface area contributed by atoms with Crippen molar-refractivity contribution in [2.45, 2.75) is 18.7 Å². The van der Waals surface area contributed by atoms with E-state index in [-0.39, 0.29) is 5.91 Å². The normalized spacial score (nSPS) is 10.4. The minimum Gasteiger partial charge on any atom is -0.352 e. The quantitative estimate of drug-likeness (QED) is 0.626. The predicted molar refractivity (Wildman–Crippen MR) is 73.0 cm³/mol. The van der Waals surface area contributed by atoms with Gasteiger partial charge in [-0.1, -0.05) is 12.1 Å². The van der Waals surface area contributed by atoms with Crippen LogP contribution in [0.3, 0.4) is 0 Å². The van der Waals surface area contributed by atoms with Crippen molar-refractivity contribution in [3.05, 3.63) is 47.5 Å². The largest absolute Gasteiger partial charge is 0.352 e. The van der Waals surface area contributed by atoms with E-state index in [2.05, 4.69) is 20.5 Å². The van der Waals surface area contributed by atoms with E-state index in [9.17, 15) is 4.79 Å². The Morgan fingerprint density at radius 1 is 1.42 bits per heavy atom. The van der Waals surface area contributed by atoms with Gasteiger partial charge in [0.15, 0.2) is 0 Å². The molecule has 2 N–H and O–H groups in total. The third kappa shape index (κ3) is 4.06. The van der Waals surface area contributed by atoms with Crippen molar-refractivity contribution in [2.24, 2.45) is 0 Å². The van der Waals surface area contributed by atoms with Crippen molar-refractivity contribution in [2.75, 3.05) is 6.54 Å². The lowest BCUT2D eigenvalue weighted by Crippen LogP contribution is -2.24. The van der Waals surface area contributed by atoms with Gasteiger partial charge in [0.1, 0.15) is 12.2 Å². The molecule has 0 spiro atoms. The third-order valence-corrected chi connectivity index (χ3v) is 2.99. The van der Waals surface area contributed by atoms with E-state index >= 15 is 0 Å². The number of hydrogen-bond donors (Lipinski definition) is 2. The summed E-state index contributed by atoms with van der Waals surface area (Å²) in [5.41, 5.74) is 1.58. The summed E-state index contributed by atoms with van der Waals surface area (Å²) < 4.78 is 0. The molecule has 0 saturated heterocycles. The Morgan fingerprint density at radius 2 is 2.32 bits per heavy atom. The van der Waals surface area contributed by atoms with Gasteiger partial charge in [-0.3, -0.25) is 9.89 Å². The third-order valence-electron chi connectivity index (χ3n) is 2.68. The van der Waals surface area contributed by atoms with Crippen molar-refractivity contribution in [3.63, 3.8) is 0 Å². The second-order valence-electron chi connectivity index (χ2n) is 4.13. The minimum absolute atomic E-state index is 0.0791. The minimum atomic E-state index is -0.0791. The average molecular weight is 279 g/mol. The lowest BCUT2D eigenvalue weighted by atomic mass is 10.1. The zero-order chi connectivity index (χ0) is 13.5. The molecule has 2 rings (SSSR count). The van der Waals surface area contributed by atoms with E-state index in [1.165, 1.54) is 6.33 Å². The van der Waals surface area contributed by atoms with E-state index in [0.717, 1.165) is 24.2 Å². The molecule has 0 bridgehead atoms. The number of halogens is 1. The Kier molecular flexibility index (Phi) is 4.92. The molecule has 100 valence electrons. The van der Waals surface area contributed by atoms with E-state index in [4.69, 9.17) is 11.6 Å². The molecule has 2 aromatic rings. The summed E-state index contributed by atoms with van der Waals surface area (Å²) >= 11 is 5.74. The van der Waals surface area contributed by atoms with Gasteiger partial charge in [-0.15, -0.1) is 11.6 Å². The zero-order valence-electron chi connectivity index (χ0n) is 10.4. The molecule has 6 heteroatoms. The molecule has 0 saturated carbocycles. The number of nitrogens with one attached hydrogen (secondary N) is 2. The molecule has 0 aliphatic carbocycles. The smallest absolute Gasteiger partial charge is 0.251 e. The number of hydrogen-bond acceptors (Lipinski definition) is 3. The fraction of sp³-hybridized carbons (Fsp3) is 0.308. The van der Waals surface area contributed by atoms with Crippen LogP contribution >= 0.6 is 11.6 Å². The highest BCUT2D eigenvalue weighted by Gasteiger charge is 2.05. The highest BCUT2D eigenvalue weighted by molar-refractivity contribution is 6.17. The van der Waals surface area contributed by atoms with Gasteiger partial charge in [0.05, 0.1) is 0 Å². The number of carbonyl (C=O) groups is 1. The molecule has 0 fully saturated rings. The number of amides is 1. The molecular weight excluding hydrogens is 264 g/mol. The lowest BCUT2D eigenvalue weighted by molar-refractivity contribution is 0.0953. The van der Waals surface area contributed by atoms with Crippen LogP contribution in [0.1, 0.15) is 28.2 Å². The summed E-state index contributed by atoms with van der Waals surface area (Å²) in [4.78, 5) is 15.9. The molecule has 1 aromatic heterocycles. The highest BCUT2D eigenvalue weighted by atomic mass is 35.5. The van der Waals surface area contributed by atoms with E-state index in [0.29, 0.717) is 18.0 Å². The van der Waals surface area contributed by atoms with Crippen LogP contribution in [0.4, 0.5) is 0 Å². The summed E-state index contributed by atoms with van der Waals surface area (Å²) in [5, 5.41) is 9.42. The van der Waals surface area contributed by atoms with Crippen LogP contribution in [0.15, 0.2) is 30.6 Å². The Morgan fingerprint density at radius 3 is 3.05 bits per heavy atom. The van der Waals surface area contributed by atoms with Crippen LogP contribution in [0.25, 0.3) is 0 Å². The first-order chi connectivity index (χ1) is 9.29. The molecule has 0 atom stereocenters. The van der Waals surface area contributed by atoms with Crippen LogP contribution in [-0.4, -0.2) is 27.6 Å². The SMILES string of the molecule is O=C(NCCCc1ncn[nH]1)c1cccc(CCl)c1. The van der Waals surface area contributed by atoms with Gasteiger partial charge in [0.2, 0.25) is 0 Å². The first-order valence-corrected chi connectivity index (χ1v) is 6.60. The number of benzene rings is 1. The van der Waals surface area contributed by atoms with Crippen LogP contribution in [0.2, 0.25) is 0 Å². The predicted octanol–water partition coefficient (Wildman–Crippen LogP) is 1.91. The number of aromatic nitrogens is 3. The molecule has 5 nitrogen and oxygen atoms in total. The van der Waals surface area contributed by atoms with Crippen molar-refractivity contribution in [1.82, 2.24) is 20.5 Å². The maximum absolute atomic E-state index is 11.9. The van der Waals surface area contributed by atoms with Crippen molar-refractivity contribution in [1.29, 1.82) is 0 Å². The Bertz CT molecular complexity index is 527. The number of carbonyl (C=O) groups excluding carboxylic acids is 1. The van der Waals surface area contributed by atoms with Gasteiger partial charge in [0, 0.05) is 24.4 Å². The monoisotopic (exact) mass is 278 g/mol. The molecule has 19 heavy (non-hydrogen) atoms. The van der Waals surface area contributed by atoms with Crippen LogP contribution in [0, 0.1) is 0 Å². The fourth-order valence-corrected chi connectivity index (χ4v) is 1.87. The molecule has 1 aromatic carbocycles. The first kappa shape index (κ1) is 13.5. The maximum atomic E-state index is 11.9. The summed E-state index contributed by atoms with van der Waals surface area (Å²) in [7, 11) is 0. The first-order valence-electron chi connectivity index (χ1n) is 6.07. The highest BCUT2D eigenvalue weighted by Crippen LogP contribution is 2.07. The van der Waals surface area contributed by atoms with Gasteiger partial charge >= 0.3 is 0 Å². The topological polar surface area (TPSA) is 70.7 Å². The van der Waals surface area contributed by atoms with Gasteiger partial charge in [0.25, 0.3) is 5.91 Å². The number of aromatic amines is 1. The number of H-pyrrole nitrogens is 1. The van der Waals surface area contributed by atoms with Gasteiger partial charge < -0.3 is 5.32 Å². The van der Waals surface area contributed by atoms with Gasteiger partial charge in [-0.25, -0.2) is 4.98 Å². The average Bonchev–Trinajstić information content (AvgIpc) is 2.96. The molecule has 0 aliphatic heterocycles. The van der Waals surface area contributed by atoms with Gasteiger partial charge in [-0.05, 0) is 24.1 Å². The summed E-state index contributed by atoms with van der Waals surface area (Å²) in [5.74, 6) is 1.16. The number of alkyl halides is 1. The summed E-state index contributed by atoms with van der Waals surface area (Å²) in [6, 6.07) is 7.31.